The van der Waals surface area contributed by atoms with E-state index in [4.69, 9.17) is 10.8 Å². The summed E-state index contributed by atoms with van der Waals surface area (Å²) in [6, 6.07) is -1.54. The summed E-state index contributed by atoms with van der Waals surface area (Å²) < 4.78 is 59.4. The molecule has 0 aromatic rings. The summed E-state index contributed by atoms with van der Waals surface area (Å²) in [7, 11) is -3.55. The van der Waals surface area contributed by atoms with Crippen molar-refractivity contribution in [2.45, 2.75) is 25.1 Å². The number of hydrogen-bond donors (Lipinski definition) is 2. The molecule has 0 aromatic heterocycles. The van der Waals surface area contributed by atoms with Crippen molar-refractivity contribution in [3.05, 3.63) is 0 Å². The smallest absolute Gasteiger partial charge is 0.390 e. The Labute approximate surface area is 95.7 Å². The van der Waals surface area contributed by atoms with Crippen LogP contribution in [-0.2, 0) is 14.6 Å². The summed E-state index contributed by atoms with van der Waals surface area (Å²) in [4.78, 5) is 11.0. The van der Waals surface area contributed by atoms with Gasteiger partial charge in [0.25, 0.3) is 0 Å². The number of sulfone groups is 1. The van der Waals surface area contributed by atoms with Crippen molar-refractivity contribution in [1.82, 2.24) is 0 Å². The van der Waals surface area contributed by atoms with Gasteiger partial charge in [0.1, 0.15) is 0 Å². The molecule has 9 heteroatoms. The van der Waals surface area contributed by atoms with E-state index in [1.165, 1.54) is 0 Å². The number of rotatable bonds is 2. The second-order valence-corrected chi connectivity index (χ2v) is 6.45. The average molecular weight is 275 g/mol. The van der Waals surface area contributed by atoms with Crippen LogP contribution >= 0.6 is 0 Å². The Bertz CT molecular complexity index is 419. The molecule has 0 radical (unpaired) electrons. The van der Waals surface area contributed by atoms with Gasteiger partial charge in [-0.05, 0) is 6.42 Å². The maximum Gasteiger partial charge on any atom is 0.390 e. The molecular formula is C8H12F3NO4S. The molecule has 100 valence electrons. The van der Waals surface area contributed by atoms with Gasteiger partial charge in [0.05, 0.1) is 23.3 Å². The molecule has 0 spiro atoms. The number of aliphatic carboxylic acids is 1. The van der Waals surface area contributed by atoms with E-state index in [0.717, 1.165) is 0 Å². The van der Waals surface area contributed by atoms with E-state index < -0.39 is 57.8 Å². The Kier molecular flexibility index (Phi) is 3.45. The average Bonchev–Trinajstić information content (AvgIpc) is 2.07. The topological polar surface area (TPSA) is 97.5 Å². The van der Waals surface area contributed by atoms with Crippen molar-refractivity contribution in [1.29, 1.82) is 0 Å². The van der Waals surface area contributed by atoms with Gasteiger partial charge in [0, 0.05) is 6.04 Å². The van der Waals surface area contributed by atoms with Crippen molar-refractivity contribution >= 4 is 15.8 Å². The normalized spacial score (nSPS) is 33.3. The predicted octanol–water partition coefficient (Wildman–Crippen LogP) is 0.156. The molecule has 1 saturated heterocycles. The molecule has 1 fully saturated rings. The van der Waals surface area contributed by atoms with E-state index in [2.05, 4.69) is 0 Å². The van der Waals surface area contributed by atoms with Gasteiger partial charge in [-0.2, -0.15) is 13.2 Å². The first-order valence-electron chi connectivity index (χ1n) is 4.75. The van der Waals surface area contributed by atoms with Gasteiger partial charge in [0.15, 0.2) is 9.84 Å². The zero-order valence-corrected chi connectivity index (χ0v) is 9.51. The monoisotopic (exact) mass is 275 g/mol. The van der Waals surface area contributed by atoms with E-state index >= 15 is 0 Å². The Balaban J connectivity index is 3.06. The van der Waals surface area contributed by atoms with Gasteiger partial charge in [-0.15, -0.1) is 0 Å². The van der Waals surface area contributed by atoms with Crippen LogP contribution in [0.15, 0.2) is 0 Å². The summed E-state index contributed by atoms with van der Waals surface area (Å²) in [6.45, 7) is 0. The second kappa shape index (κ2) is 4.13. The Morgan fingerprint density at radius 2 is 2.00 bits per heavy atom. The van der Waals surface area contributed by atoms with Crippen molar-refractivity contribution in [3.63, 3.8) is 0 Å². The van der Waals surface area contributed by atoms with E-state index in [-0.39, 0.29) is 0 Å². The number of nitrogens with two attached hydrogens (primary N) is 1. The van der Waals surface area contributed by atoms with Crippen LogP contribution in [0.25, 0.3) is 0 Å². The van der Waals surface area contributed by atoms with Crippen LogP contribution in [0.4, 0.5) is 13.2 Å². The van der Waals surface area contributed by atoms with E-state index in [9.17, 15) is 26.4 Å². The lowest BCUT2D eigenvalue weighted by Gasteiger charge is -2.38. The van der Waals surface area contributed by atoms with Crippen LogP contribution < -0.4 is 5.73 Å². The third-order valence-corrected chi connectivity index (χ3v) is 4.64. The summed E-state index contributed by atoms with van der Waals surface area (Å²) in [5.41, 5.74) is 3.11. The highest BCUT2D eigenvalue weighted by Crippen LogP contribution is 2.41. The summed E-state index contributed by atoms with van der Waals surface area (Å²) in [5.74, 6) is -3.00. The molecule has 0 bridgehead atoms. The highest BCUT2D eigenvalue weighted by molar-refractivity contribution is 7.91. The minimum Gasteiger partial charge on any atom is -0.481 e. The third kappa shape index (κ3) is 3.09. The molecule has 17 heavy (non-hydrogen) atoms. The molecule has 2 unspecified atom stereocenters. The fraction of sp³-hybridized carbons (Fsp3) is 0.875. The summed E-state index contributed by atoms with van der Waals surface area (Å²) in [5, 5.41) is 8.92. The first kappa shape index (κ1) is 14.2. The Hall–Kier alpha value is -0.830. The van der Waals surface area contributed by atoms with Crippen LogP contribution in [-0.4, -0.2) is 43.2 Å². The molecule has 2 atom stereocenters. The number of hydrogen-bond acceptors (Lipinski definition) is 4. The quantitative estimate of drug-likeness (QED) is 0.748. The molecule has 0 amide bonds. The lowest BCUT2D eigenvalue weighted by atomic mass is 9.75. The molecular weight excluding hydrogens is 263 g/mol. The maximum absolute atomic E-state index is 12.3. The van der Waals surface area contributed by atoms with Gasteiger partial charge < -0.3 is 10.8 Å². The van der Waals surface area contributed by atoms with E-state index in [1.54, 1.807) is 0 Å². The number of alkyl halides is 3. The SMILES string of the molecule is NC1CS(=O)(=O)CCC1(CC(F)(F)F)C(=O)O. The van der Waals surface area contributed by atoms with Crippen molar-refractivity contribution in [2.24, 2.45) is 11.1 Å². The molecule has 0 aromatic carbocycles. The van der Waals surface area contributed by atoms with Crippen LogP contribution in [0.5, 0.6) is 0 Å². The van der Waals surface area contributed by atoms with E-state index in [0.29, 0.717) is 0 Å². The highest BCUT2D eigenvalue weighted by atomic mass is 32.2. The molecule has 3 N–H and O–H groups in total. The number of carboxylic acid groups (broad SMARTS) is 1. The molecule has 1 heterocycles. The third-order valence-electron chi connectivity index (χ3n) is 2.94. The lowest BCUT2D eigenvalue weighted by molar-refractivity contribution is -0.181. The van der Waals surface area contributed by atoms with Gasteiger partial charge in [-0.1, -0.05) is 0 Å². The van der Waals surface area contributed by atoms with Gasteiger partial charge in [0.2, 0.25) is 0 Å². The predicted molar refractivity (Wildman–Crippen MR) is 52.0 cm³/mol. The largest absolute Gasteiger partial charge is 0.481 e. The van der Waals surface area contributed by atoms with Crippen LogP contribution in [0.2, 0.25) is 0 Å². The van der Waals surface area contributed by atoms with Gasteiger partial charge >= 0.3 is 12.1 Å². The summed E-state index contributed by atoms with van der Waals surface area (Å²) >= 11 is 0. The summed E-state index contributed by atoms with van der Waals surface area (Å²) in [6.07, 6.45) is -6.91. The minimum atomic E-state index is -4.70. The first-order valence-corrected chi connectivity index (χ1v) is 6.57. The van der Waals surface area contributed by atoms with Crippen LogP contribution in [0.1, 0.15) is 12.8 Å². The van der Waals surface area contributed by atoms with Gasteiger partial charge in [-0.3, -0.25) is 4.79 Å². The molecule has 0 saturated carbocycles. The van der Waals surface area contributed by atoms with Crippen LogP contribution in [0, 0.1) is 5.41 Å². The maximum atomic E-state index is 12.3. The Morgan fingerprint density at radius 3 is 2.35 bits per heavy atom. The molecule has 1 rings (SSSR count). The van der Waals surface area contributed by atoms with Gasteiger partial charge in [-0.25, -0.2) is 8.42 Å². The second-order valence-electron chi connectivity index (χ2n) is 4.22. The fourth-order valence-corrected chi connectivity index (χ4v) is 3.67. The molecule has 1 aliphatic rings. The van der Waals surface area contributed by atoms with Crippen LogP contribution in [0.3, 0.4) is 0 Å². The number of carboxylic acids is 1. The van der Waals surface area contributed by atoms with Crippen molar-refractivity contribution < 1.29 is 31.5 Å². The number of halogens is 3. The highest BCUT2D eigenvalue weighted by Gasteiger charge is 2.55. The molecule has 1 aliphatic heterocycles. The lowest BCUT2D eigenvalue weighted by Crippen LogP contribution is -2.57. The zero-order valence-electron chi connectivity index (χ0n) is 8.70. The minimum absolute atomic E-state index is 0.580. The standard InChI is InChI=1S/C8H12F3NO4S/c9-8(10,11)4-7(6(13)14)1-2-17(15,16)3-5(7)12/h5H,1-4,12H2,(H,13,14). The fourth-order valence-electron chi connectivity index (χ4n) is 1.96. The molecule has 5 nitrogen and oxygen atoms in total. The Morgan fingerprint density at radius 1 is 1.47 bits per heavy atom. The first-order chi connectivity index (χ1) is 7.49. The molecule has 0 aliphatic carbocycles. The van der Waals surface area contributed by atoms with Crippen molar-refractivity contribution in [3.8, 4) is 0 Å². The zero-order chi connectivity index (χ0) is 13.5. The van der Waals surface area contributed by atoms with Crippen molar-refractivity contribution in [2.75, 3.05) is 11.5 Å². The van der Waals surface area contributed by atoms with E-state index in [1.807, 2.05) is 0 Å². The number of carbonyl (C=O) groups is 1.